The summed E-state index contributed by atoms with van der Waals surface area (Å²) in [6, 6.07) is 7.96. The van der Waals surface area contributed by atoms with Crippen molar-refractivity contribution in [2.24, 2.45) is 0 Å². The molecular formula is C11H13NO. The lowest BCUT2D eigenvalue weighted by atomic mass is 10.1. The Kier molecular flexibility index (Phi) is 1.97. The molecule has 1 aliphatic rings. The van der Waals surface area contributed by atoms with Crippen LogP contribution in [0, 0.1) is 0 Å². The van der Waals surface area contributed by atoms with Gasteiger partial charge in [-0.05, 0) is 24.6 Å². The van der Waals surface area contributed by atoms with Crippen LogP contribution in [0.2, 0.25) is 0 Å². The molecule has 13 heavy (non-hydrogen) atoms. The van der Waals surface area contributed by atoms with Crippen molar-refractivity contribution in [3.05, 3.63) is 36.4 Å². The molecule has 0 fully saturated rings. The molecule has 1 aromatic rings. The molecule has 1 heterocycles. The first-order chi connectivity index (χ1) is 6.27. The molecule has 2 rings (SSSR count). The number of fused-ring (bicyclic) bond motifs is 1. The molecule has 0 radical (unpaired) electrons. The molecular weight excluding hydrogens is 162 g/mol. The molecule has 2 heteroatoms. The third-order valence-electron chi connectivity index (χ3n) is 2.18. The summed E-state index contributed by atoms with van der Waals surface area (Å²) in [7, 11) is 0. The highest BCUT2D eigenvalue weighted by Gasteiger charge is 2.18. The van der Waals surface area contributed by atoms with E-state index in [4.69, 9.17) is 4.74 Å². The van der Waals surface area contributed by atoms with Crippen LogP contribution in [-0.2, 0) is 0 Å². The molecule has 0 amide bonds. The smallest absolute Gasteiger partial charge is 0.143 e. The minimum atomic E-state index is 0.106. The quantitative estimate of drug-likeness (QED) is 0.662. The second-order valence-electron chi connectivity index (χ2n) is 3.33. The number of para-hydroxylation sites is 2. The molecule has 0 saturated heterocycles. The van der Waals surface area contributed by atoms with E-state index in [2.05, 4.69) is 11.9 Å². The first-order valence-corrected chi connectivity index (χ1v) is 4.42. The fourth-order valence-corrected chi connectivity index (χ4v) is 1.39. The Morgan fingerprint density at radius 2 is 2.31 bits per heavy atom. The Balaban J connectivity index is 2.24. The molecule has 0 aromatic heterocycles. The van der Waals surface area contributed by atoms with Gasteiger partial charge in [-0.1, -0.05) is 18.7 Å². The molecule has 0 bridgehead atoms. The van der Waals surface area contributed by atoms with Crippen LogP contribution in [0.3, 0.4) is 0 Å². The molecule has 1 aromatic carbocycles. The highest BCUT2D eigenvalue weighted by atomic mass is 16.5. The largest absolute Gasteiger partial charge is 0.482 e. The highest BCUT2D eigenvalue weighted by Crippen LogP contribution is 2.29. The molecule has 68 valence electrons. The summed E-state index contributed by atoms with van der Waals surface area (Å²) in [6.07, 6.45) is 0.106. The van der Waals surface area contributed by atoms with Gasteiger partial charge in [-0.25, -0.2) is 0 Å². The van der Waals surface area contributed by atoms with Crippen molar-refractivity contribution in [2.75, 3.05) is 11.9 Å². The standard InChI is InChI=1S/C11H13NO/c1-8(2)11-7-12-9-5-3-4-6-10(9)13-11/h3-6,11-12H,1,7H2,2H3/t11-/m1/s1. The van der Waals surface area contributed by atoms with Crippen LogP contribution in [0.25, 0.3) is 0 Å². The number of benzene rings is 1. The van der Waals surface area contributed by atoms with Gasteiger partial charge in [-0.15, -0.1) is 0 Å². The maximum atomic E-state index is 5.73. The predicted molar refractivity (Wildman–Crippen MR) is 54.2 cm³/mol. The van der Waals surface area contributed by atoms with Crippen molar-refractivity contribution in [1.29, 1.82) is 0 Å². The van der Waals surface area contributed by atoms with Gasteiger partial charge in [-0.2, -0.15) is 0 Å². The molecule has 0 saturated carbocycles. The van der Waals surface area contributed by atoms with E-state index in [1.54, 1.807) is 0 Å². The minimum absolute atomic E-state index is 0.106. The Bertz CT molecular complexity index is 333. The zero-order chi connectivity index (χ0) is 9.26. The maximum Gasteiger partial charge on any atom is 0.143 e. The molecule has 0 spiro atoms. The number of rotatable bonds is 1. The molecule has 1 atom stereocenters. The normalized spacial score (nSPS) is 19.6. The van der Waals surface area contributed by atoms with Gasteiger partial charge < -0.3 is 10.1 Å². The van der Waals surface area contributed by atoms with Crippen LogP contribution in [0.4, 0.5) is 5.69 Å². The summed E-state index contributed by atoms with van der Waals surface area (Å²) in [5.74, 6) is 0.918. The van der Waals surface area contributed by atoms with Crippen molar-refractivity contribution in [1.82, 2.24) is 0 Å². The third-order valence-corrected chi connectivity index (χ3v) is 2.18. The van der Waals surface area contributed by atoms with E-state index in [1.807, 2.05) is 31.2 Å². The lowest BCUT2D eigenvalue weighted by molar-refractivity contribution is 0.241. The van der Waals surface area contributed by atoms with Crippen molar-refractivity contribution in [2.45, 2.75) is 13.0 Å². The maximum absolute atomic E-state index is 5.73. The van der Waals surface area contributed by atoms with E-state index in [1.165, 1.54) is 0 Å². The Hall–Kier alpha value is -1.44. The Morgan fingerprint density at radius 3 is 3.08 bits per heavy atom. The van der Waals surface area contributed by atoms with Crippen LogP contribution in [-0.4, -0.2) is 12.6 Å². The van der Waals surface area contributed by atoms with Gasteiger partial charge in [-0.3, -0.25) is 0 Å². The van der Waals surface area contributed by atoms with E-state index >= 15 is 0 Å². The minimum Gasteiger partial charge on any atom is -0.482 e. The molecule has 0 aliphatic carbocycles. The molecule has 2 nitrogen and oxygen atoms in total. The zero-order valence-electron chi connectivity index (χ0n) is 7.71. The van der Waals surface area contributed by atoms with Gasteiger partial charge >= 0.3 is 0 Å². The van der Waals surface area contributed by atoms with Gasteiger partial charge in [0.05, 0.1) is 12.2 Å². The van der Waals surface area contributed by atoms with Crippen molar-refractivity contribution in [3.63, 3.8) is 0 Å². The summed E-state index contributed by atoms with van der Waals surface area (Å²) in [5, 5.41) is 3.31. The van der Waals surface area contributed by atoms with Gasteiger partial charge in [0.25, 0.3) is 0 Å². The number of ether oxygens (including phenoxy) is 1. The van der Waals surface area contributed by atoms with Crippen molar-refractivity contribution in [3.8, 4) is 5.75 Å². The topological polar surface area (TPSA) is 21.3 Å². The third kappa shape index (κ3) is 1.52. The van der Waals surface area contributed by atoms with E-state index in [9.17, 15) is 0 Å². The summed E-state index contributed by atoms with van der Waals surface area (Å²) < 4.78 is 5.73. The average molecular weight is 175 g/mol. The second-order valence-corrected chi connectivity index (χ2v) is 3.33. The number of nitrogens with one attached hydrogen (secondary N) is 1. The van der Waals surface area contributed by atoms with E-state index < -0.39 is 0 Å². The molecule has 1 N–H and O–H groups in total. The number of anilines is 1. The zero-order valence-corrected chi connectivity index (χ0v) is 7.71. The fourth-order valence-electron chi connectivity index (χ4n) is 1.39. The van der Waals surface area contributed by atoms with E-state index in [0.29, 0.717) is 0 Å². The van der Waals surface area contributed by atoms with Crippen LogP contribution < -0.4 is 10.1 Å². The van der Waals surface area contributed by atoms with Gasteiger partial charge in [0.1, 0.15) is 11.9 Å². The summed E-state index contributed by atoms with van der Waals surface area (Å²) in [4.78, 5) is 0. The molecule has 0 unspecified atom stereocenters. The lowest BCUT2D eigenvalue weighted by Crippen LogP contribution is -2.31. The number of hydrogen-bond donors (Lipinski definition) is 1. The highest BCUT2D eigenvalue weighted by molar-refractivity contribution is 5.58. The van der Waals surface area contributed by atoms with Gasteiger partial charge in [0.2, 0.25) is 0 Å². The van der Waals surface area contributed by atoms with Crippen molar-refractivity contribution < 1.29 is 4.74 Å². The first-order valence-electron chi connectivity index (χ1n) is 4.42. The first kappa shape index (κ1) is 8.17. The SMILES string of the molecule is C=C(C)[C@H]1CNc2ccccc2O1. The number of hydrogen-bond acceptors (Lipinski definition) is 2. The molecule has 1 aliphatic heterocycles. The summed E-state index contributed by atoms with van der Waals surface area (Å²) in [5.41, 5.74) is 2.13. The van der Waals surface area contributed by atoms with Crippen LogP contribution in [0.15, 0.2) is 36.4 Å². The van der Waals surface area contributed by atoms with E-state index in [0.717, 1.165) is 23.6 Å². The lowest BCUT2D eigenvalue weighted by Gasteiger charge is -2.27. The van der Waals surface area contributed by atoms with Crippen LogP contribution >= 0.6 is 0 Å². The average Bonchev–Trinajstić information content (AvgIpc) is 2.17. The van der Waals surface area contributed by atoms with E-state index in [-0.39, 0.29) is 6.10 Å². The van der Waals surface area contributed by atoms with Gasteiger partial charge in [0, 0.05) is 0 Å². The second kappa shape index (κ2) is 3.13. The summed E-state index contributed by atoms with van der Waals surface area (Å²) in [6.45, 7) is 6.68. The fraction of sp³-hybridized carbons (Fsp3) is 0.273. The predicted octanol–water partition coefficient (Wildman–Crippen LogP) is 2.44. The Morgan fingerprint density at radius 1 is 1.54 bits per heavy atom. The van der Waals surface area contributed by atoms with Crippen molar-refractivity contribution >= 4 is 5.69 Å². The monoisotopic (exact) mass is 175 g/mol. The summed E-state index contributed by atoms with van der Waals surface area (Å²) >= 11 is 0. The van der Waals surface area contributed by atoms with Crippen LogP contribution in [0.1, 0.15) is 6.92 Å². The van der Waals surface area contributed by atoms with Crippen LogP contribution in [0.5, 0.6) is 5.75 Å². The van der Waals surface area contributed by atoms with Gasteiger partial charge in [0.15, 0.2) is 0 Å². The Labute approximate surface area is 78.2 Å².